The second kappa shape index (κ2) is 9.15. The van der Waals surface area contributed by atoms with E-state index in [0.29, 0.717) is 11.1 Å². The Morgan fingerprint density at radius 2 is 1.91 bits per heavy atom. The van der Waals surface area contributed by atoms with Crippen LogP contribution < -0.4 is 10.2 Å². The van der Waals surface area contributed by atoms with Crippen LogP contribution in [0, 0.1) is 0 Å². The Hall–Kier alpha value is -3.79. The summed E-state index contributed by atoms with van der Waals surface area (Å²) in [5, 5.41) is -0.0180. The van der Waals surface area contributed by atoms with E-state index in [0.717, 1.165) is 11.1 Å². The summed E-state index contributed by atoms with van der Waals surface area (Å²) in [5.74, 6) is -0.165. The number of hydroxylamine groups is 1. The van der Waals surface area contributed by atoms with Crippen molar-refractivity contribution in [3.63, 3.8) is 0 Å². The second-order valence-corrected chi connectivity index (χ2v) is 7.02. The van der Waals surface area contributed by atoms with Crippen LogP contribution in [0.1, 0.15) is 11.1 Å². The number of carbonyl (C=O) groups excluding carboxylic acids is 1. The predicted octanol–water partition coefficient (Wildman–Crippen LogP) is 3.71. The summed E-state index contributed by atoms with van der Waals surface area (Å²) in [6.45, 7) is -2.80. The highest BCUT2D eigenvalue weighted by molar-refractivity contribution is 6.32. The number of nitrogens with zero attached hydrogens (tertiary/aromatic N) is 3. The number of hydrogen-bond donors (Lipinski definition) is 1. The van der Waals surface area contributed by atoms with Crippen molar-refractivity contribution in [2.24, 2.45) is 4.99 Å². The van der Waals surface area contributed by atoms with Gasteiger partial charge in [0.25, 0.3) is 0 Å². The maximum Gasteiger partial charge on any atom is 0.387 e. The fourth-order valence-corrected chi connectivity index (χ4v) is 3.58. The lowest BCUT2D eigenvalue weighted by atomic mass is 9.83. The Morgan fingerprint density at radius 3 is 2.62 bits per heavy atom. The molecule has 0 radical (unpaired) electrons. The van der Waals surface area contributed by atoms with Crippen LogP contribution in [0.2, 0.25) is 5.02 Å². The molecule has 2 aromatic carbocycles. The largest absolute Gasteiger partial charge is 0.460 e. The lowest BCUT2D eigenvalue weighted by Crippen LogP contribution is -2.27. The average Bonchev–Trinajstić information content (AvgIpc) is 3.25. The Morgan fingerprint density at radius 1 is 1.12 bits per heavy atom. The third-order valence-electron chi connectivity index (χ3n) is 4.76. The number of benzene rings is 2. The predicted molar refractivity (Wildman–Crippen MR) is 110 cm³/mol. The molecule has 0 amide bonds. The maximum atomic E-state index is 12.6. The van der Waals surface area contributed by atoms with Gasteiger partial charge in [-0.15, -0.1) is 0 Å². The van der Waals surface area contributed by atoms with Crippen LogP contribution in [0.25, 0.3) is 11.1 Å². The summed E-state index contributed by atoms with van der Waals surface area (Å²) >= 11 is 6.20. The summed E-state index contributed by atoms with van der Waals surface area (Å²) in [6, 6.07) is 11.8. The summed E-state index contributed by atoms with van der Waals surface area (Å²) in [7, 11) is 0. The van der Waals surface area contributed by atoms with E-state index in [-0.39, 0.29) is 29.9 Å². The summed E-state index contributed by atoms with van der Waals surface area (Å²) in [4.78, 5) is 27.7. The fraction of sp³-hybridized carbons (Fsp3) is 0.143. The molecule has 164 valence electrons. The van der Waals surface area contributed by atoms with Crippen LogP contribution in [0.3, 0.4) is 0 Å². The highest BCUT2D eigenvalue weighted by atomic mass is 35.5. The van der Waals surface area contributed by atoms with Crippen LogP contribution in [0.5, 0.6) is 5.75 Å². The van der Waals surface area contributed by atoms with Crippen molar-refractivity contribution in [2.75, 3.05) is 6.61 Å². The molecule has 11 heteroatoms. The molecule has 1 atom stereocenters. The van der Waals surface area contributed by atoms with Gasteiger partial charge in [-0.1, -0.05) is 35.9 Å². The smallest absolute Gasteiger partial charge is 0.387 e. The number of halogens is 3. The van der Waals surface area contributed by atoms with E-state index in [2.05, 4.69) is 30.0 Å². The van der Waals surface area contributed by atoms with E-state index in [9.17, 15) is 13.6 Å². The number of aliphatic imine (C=N–C) groups is 1. The molecule has 4 rings (SSSR count). The van der Waals surface area contributed by atoms with Crippen LogP contribution in [-0.4, -0.2) is 35.7 Å². The van der Waals surface area contributed by atoms with Gasteiger partial charge in [0.05, 0.1) is 5.02 Å². The van der Waals surface area contributed by atoms with Gasteiger partial charge in [0.1, 0.15) is 18.7 Å². The molecule has 1 N–H and O–H groups in total. The van der Waals surface area contributed by atoms with Crippen LogP contribution >= 0.6 is 11.6 Å². The molecule has 0 spiro atoms. The molecule has 0 bridgehead atoms. The zero-order chi connectivity index (χ0) is 22.6. The van der Waals surface area contributed by atoms with E-state index in [1.807, 2.05) is 24.3 Å². The molecule has 1 aliphatic rings. The van der Waals surface area contributed by atoms with E-state index in [1.54, 1.807) is 18.5 Å². The fourth-order valence-electron chi connectivity index (χ4n) is 3.35. The first kappa shape index (κ1) is 21.4. The molecule has 0 saturated carbocycles. The minimum atomic E-state index is -3.01. The Labute approximate surface area is 185 Å². The van der Waals surface area contributed by atoms with Crippen LogP contribution in [-0.2, 0) is 19.9 Å². The number of carbonyl (C=O) groups is 1. The van der Waals surface area contributed by atoms with Gasteiger partial charge in [-0.05, 0) is 34.9 Å². The van der Waals surface area contributed by atoms with Crippen molar-refractivity contribution in [3.05, 3.63) is 77.3 Å². The summed E-state index contributed by atoms with van der Waals surface area (Å²) in [6.07, 6.45) is 4.77. The van der Waals surface area contributed by atoms with E-state index < -0.39 is 12.2 Å². The molecule has 1 aromatic heterocycles. The van der Waals surface area contributed by atoms with Gasteiger partial charge < -0.3 is 14.3 Å². The van der Waals surface area contributed by atoms with Gasteiger partial charge in [0.2, 0.25) is 0 Å². The van der Waals surface area contributed by atoms with Crippen LogP contribution in [0.4, 0.5) is 8.78 Å². The number of alkyl halides is 2. The topological polar surface area (TPSA) is 94.9 Å². The van der Waals surface area contributed by atoms with Gasteiger partial charge in [-0.3, -0.25) is 4.79 Å². The highest BCUT2D eigenvalue weighted by Gasteiger charge is 2.41. The maximum absolute atomic E-state index is 12.6. The zero-order valence-corrected chi connectivity index (χ0v) is 17.0. The third-order valence-corrected chi connectivity index (χ3v) is 5.06. The first-order chi connectivity index (χ1) is 15.5. The molecule has 0 saturated heterocycles. The lowest BCUT2D eigenvalue weighted by Gasteiger charge is -2.26. The quantitative estimate of drug-likeness (QED) is 0.424. The minimum absolute atomic E-state index is 0.0180. The first-order valence-corrected chi connectivity index (χ1v) is 9.58. The van der Waals surface area contributed by atoms with Crippen molar-refractivity contribution >= 4 is 24.1 Å². The van der Waals surface area contributed by atoms with Crippen molar-refractivity contribution < 1.29 is 27.9 Å². The molecule has 1 aliphatic heterocycles. The number of amidine groups is 1. The molecule has 1 unspecified atom stereocenters. The van der Waals surface area contributed by atoms with Gasteiger partial charge >= 0.3 is 19.1 Å². The first-order valence-electron chi connectivity index (χ1n) is 9.20. The number of rotatable bonds is 7. The minimum Gasteiger partial charge on any atom is -0.460 e. The molecule has 32 heavy (non-hydrogen) atoms. The van der Waals surface area contributed by atoms with Gasteiger partial charge in [-0.25, -0.2) is 15.0 Å². The Kier molecular flexibility index (Phi) is 6.13. The van der Waals surface area contributed by atoms with Gasteiger partial charge in [-0.2, -0.15) is 14.3 Å². The van der Waals surface area contributed by atoms with E-state index in [4.69, 9.17) is 16.3 Å². The highest BCUT2D eigenvalue weighted by Crippen LogP contribution is 2.41. The molecular weight excluding hydrogens is 446 g/mol. The van der Waals surface area contributed by atoms with Crippen molar-refractivity contribution in [1.82, 2.24) is 15.4 Å². The van der Waals surface area contributed by atoms with E-state index >= 15 is 0 Å². The van der Waals surface area contributed by atoms with Gasteiger partial charge in [0.15, 0.2) is 5.54 Å². The van der Waals surface area contributed by atoms with E-state index in [1.165, 1.54) is 18.5 Å². The number of ether oxygens (including phenoxy) is 2. The monoisotopic (exact) mass is 460 g/mol. The SMILES string of the molecule is O=CONC1=NC(c2cccc(-c3cncnc3)c2)(c2ccc(OC(F)F)c(Cl)c2)CO1. The molecular formula is C21H15ClF2N4O4. The van der Waals surface area contributed by atoms with Crippen molar-refractivity contribution in [1.29, 1.82) is 0 Å². The molecule has 3 aromatic rings. The number of hydrogen-bond acceptors (Lipinski definition) is 8. The molecule has 0 aliphatic carbocycles. The Bertz CT molecular complexity index is 1150. The number of aromatic nitrogens is 2. The van der Waals surface area contributed by atoms with Gasteiger partial charge in [0, 0.05) is 18.0 Å². The van der Waals surface area contributed by atoms with Crippen molar-refractivity contribution in [3.8, 4) is 16.9 Å². The standard InChI is InChI=1S/C21H15ClF2N4O4/c22-17-7-16(4-5-18(17)32-19(23)24)21(10-30-20(27-21)28-31-12-29)15-3-1-2-13(6-15)14-8-25-11-26-9-14/h1-9,11-12,19H,10H2,(H,27,28). The third kappa shape index (κ3) is 4.30. The Balaban J connectivity index is 1.81. The molecule has 0 fully saturated rings. The molecule has 8 nitrogen and oxygen atoms in total. The van der Waals surface area contributed by atoms with Crippen molar-refractivity contribution in [2.45, 2.75) is 12.2 Å². The second-order valence-electron chi connectivity index (χ2n) is 6.61. The summed E-state index contributed by atoms with van der Waals surface area (Å²) < 4.78 is 35.3. The zero-order valence-electron chi connectivity index (χ0n) is 16.2. The average molecular weight is 461 g/mol. The molecule has 2 heterocycles. The lowest BCUT2D eigenvalue weighted by molar-refractivity contribution is -0.132. The summed E-state index contributed by atoms with van der Waals surface area (Å²) in [5.41, 5.74) is 4.06. The normalized spacial score (nSPS) is 17.4. The number of nitrogens with one attached hydrogen (secondary N) is 1. The van der Waals surface area contributed by atoms with Crippen LogP contribution in [0.15, 0.2) is 66.2 Å².